The summed E-state index contributed by atoms with van der Waals surface area (Å²) in [5.74, 6) is 0.577. The summed E-state index contributed by atoms with van der Waals surface area (Å²) in [5.41, 5.74) is 0. The SMILES string of the molecule is O=C(C1C[CH]CNC1)N1CCCC1. The summed E-state index contributed by atoms with van der Waals surface area (Å²) in [5, 5.41) is 3.24. The van der Waals surface area contributed by atoms with Crippen LogP contribution in [-0.2, 0) is 4.79 Å². The summed E-state index contributed by atoms with van der Waals surface area (Å²) in [4.78, 5) is 13.9. The van der Waals surface area contributed by atoms with Gasteiger partial charge in [-0.25, -0.2) is 0 Å². The van der Waals surface area contributed by atoms with Gasteiger partial charge >= 0.3 is 0 Å². The maximum Gasteiger partial charge on any atom is 0.226 e. The van der Waals surface area contributed by atoms with E-state index in [1.54, 1.807) is 0 Å². The van der Waals surface area contributed by atoms with Gasteiger partial charge in [-0.2, -0.15) is 0 Å². The van der Waals surface area contributed by atoms with Crippen molar-refractivity contribution in [1.82, 2.24) is 10.2 Å². The summed E-state index contributed by atoms with van der Waals surface area (Å²) in [6.45, 7) is 3.79. The number of carbonyl (C=O) groups is 1. The zero-order valence-electron chi connectivity index (χ0n) is 7.96. The second-order valence-corrected chi connectivity index (χ2v) is 3.91. The van der Waals surface area contributed by atoms with E-state index in [2.05, 4.69) is 11.7 Å². The first kappa shape index (κ1) is 9.00. The maximum absolute atomic E-state index is 11.9. The van der Waals surface area contributed by atoms with Crippen molar-refractivity contribution in [2.24, 2.45) is 5.92 Å². The molecule has 2 saturated heterocycles. The number of likely N-dealkylation sites (tertiary alicyclic amines) is 1. The third-order valence-electron chi connectivity index (χ3n) is 2.90. The zero-order valence-corrected chi connectivity index (χ0v) is 7.96. The minimum atomic E-state index is 0.215. The molecule has 13 heavy (non-hydrogen) atoms. The van der Waals surface area contributed by atoms with E-state index in [-0.39, 0.29) is 5.92 Å². The molecule has 1 radical (unpaired) electrons. The lowest BCUT2D eigenvalue weighted by Crippen LogP contribution is -2.42. The molecule has 3 nitrogen and oxygen atoms in total. The molecule has 2 aliphatic heterocycles. The van der Waals surface area contributed by atoms with Crippen LogP contribution in [0.3, 0.4) is 0 Å². The van der Waals surface area contributed by atoms with E-state index in [1.165, 1.54) is 12.8 Å². The summed E-state index contributed by atoms with van der Waals surface area (Å²) >= 11 is 0. The lowest BCUT2D eigenvalue weighted by molar-refractivity contribution is -0.134. The molecule has 3 heteroatoms. The van der Waals surface area contributed by atoms with E-state index in [0.29, 0.717) is 5.91 Å². The predicted octanol–water partition coefficient (Wildman–Crippen LogP) is 0.423. The fraction of sp³-hybridized carbons (Fsp3) is 0.800. The minimum absolute atomic E-state index is 0.215. The van der Waals surface area contributed by atoms with Gasteiger partial charge in [-0.3, -0.25) is 4.79 Å². The van der Waals surface area contributed by atoms with E-state index in [4.69, 9.17) is 0 Å². The molecule has 0 aromatic carbocycles. The maximum atomic E-state index is 11.9. The Hall–Kier alpha value is -0.570. The van der Waals surface area contributed by atoms with Crippen molar-refractivity contribution in [2.45, 2.75) is 19.3 Å². The summed E-state index contributed by atoms with van der Waals surface area (Å²) in [7, 11) is 0. The second-order valence-electron chi connectivity index (χ2n) is 3.91. The first-order valence-electron chi connectivity index (χ1n) is 5.19. The van der Waals surface area contributed by atoms with Crippen LogP contribution in [-0.4, -0.2) is 37.0 Å². The number of carbonyl (C=O) groups excluding carboxylic acids is 1. The third kappa shape index (κ3) is 2.02. The molecule has 0 spiro atoms. The number of hydrogen-bond donors (Lipinski definition) is 1. The monoisotopic (exact) mass is 181 g/mol. The lowest BCUT2D eigenvalue weighted by atomic mass is 9.98. The highest BCUT2D eigenvalue weighted by Crippen LogP contribution is 2.16. The Labute approximate surface area is 79.5 Å². The molecule has 1 amide bonds. The molecular formula is C10H17N2O. The van der Waals surface area contributed by atoms with Crippen molar-refractivity contribution in [1.29, 1.82) is 0 Å². The van der Waals surface area contributed by atoms with Crippen LogP contribution in [0.15, 0.2) is 0 Å². The molecular weight excluding hydrogens is 164 g/mol. The van der Waals surface area contributed by atoms with Crippen molar-refractivity contribution in [3.8, 4) is 0 Å². The molecule has 2 heterocycles. The van der Waals surface area contributed by atoms with Gasteiger partial charge in [0, 0.05) is 19.6 Å². The topological polar surface area (TPSA) is 32.3 Å². The van der Waals surface area contributed by atoms with E-state index in [0.717, 1.165) is 32.6 Å². The van der Waals surface area contributed by atoms with Gasteiger partial charge in [0.05, 0.1) is 5.92 Å². The highest BCUT2D eigenvalue weighted by atomic mass is 16.2. The Morgan fingerprint density at radius 2 is 2.15 bits per heavy atom. The Morgan fingerprint density at radius 3 is 2.77 bits per heavy atom. The van der Waals surface area contributed by atoms with Gasteiger partial charge in [-0.15, -0.1) is 0 Å². The van der Waals surface area contributed by atoms with Crippen LogP contribution < -0.4 is 5.32 Å². The Morgan fingerprint density at radius 1 is 1.38 bits per heavy atom. The number of hydrogen-bond acceptors (Lipinski definition) is 2. The number of rotatable bonds is 1. The summed E-state index contributed by atoms with van der Waals surface area (Å²) in [6.07, 6.45) is 5.51. The predicted molar refractivity (Wildman–Crippen MR) is 51.1 cm³/mol. The minimum Gasteiger partial charge on any atom is -0.342 e. The van der Waals surface area contributed by atoms with Crippen LogP contribution in [0.1, 0.15) is 19.3 Å². The van der Waals surface area contributed by atoms with Crippen LogP contribution in [0.25, 0.3) is 0 Å². The molecule has 1 N–H and O–H groups in total. The van der Waals surface area contributed by atoms with E-state index in [1.807, 2.05) is 4.90 Å². The first-order valence-corrected chi connectivity index (χ1v) is 5.19. The molecule has 1 atom stereocenters. The van der Waals surface area contributed by atoms with E-state index < -0.39 is 0 Å². The van der Waals surface area contributed by atoms with Crippen LogP contribution in [0.5, 0.6) is 0 Å². The van der Waals surface area contributed by atoms with Crippen molar-refractivity contribution >= 4 is 5.91 Å². The molecule has 73 valence electrons. The van der Waals surface area contributed by atoms with Gasteiger partial charge < -0.3 is 10.2 Å². The molecule has 2 rings (SSSR count). The van der Waals surface area contributed by atoms with Gasteiger partial charge in [-0.05, 0) is 32.2 Å². The van der Waals surface area contributed by atoms with Gasteiger partial charge in [0.2, 0.25) is 5.91 Å². The number of piperidine rings is 1. The molecule has 0 bridgehead atoms. The fourth-order valence-electron chi connectivity index (χ4n) is 2.11. The van der Waals surface area contributed by atoms with Crippen molar-refractivity contribution in [3.05, 3.63) is 6.42 Å². The van der Waals surface area contributed by atoms with Gasteiger partial charge in [0.15, 0.2) is 0 Å². The van der Waals surface area contributed by atoms with E-state index >= 15 is 0 Å². The highest BCUT2D eigenvalue weighted by Gasteiger charge is 2.27. The molecule has 0 aromatic heterocycles. The van der Waals surface area contributed by atoms with Crippen molar-refractivity contribution < 1.29 is 4.79 Å². The quantitative estimate of drug-likeness (QED) is 0.636. The largest absolute Gasteiger partial charge is 0.342 e. The lowest BCUT2D eigenvalue weighted by Gasteiger charge is -2.26. The third-order valence-corrected chi connectivity index (χ3v) is 2.90. The average molecular weight is 181 g/mol. The van der Waals surface area contributed by atoms with Crippen molar-refractivity contribution in [3.63, 3.8) is 0 Å². The molecule has 2 fully saturated rings. The average Bonchev–Trinajstić information content (AvgIpc) is 2.71. The molecule has 0 aliphatic carbocycles. The fourth-order valence-corrected chi connectivity index (χ4v) is 2.11. The van der Waals surface area contributed by atoms with Crippen LogP contribution in [0.4, 0.5) is 0 Å². The first-order chi connectivity index (χ1) is 6.38. The molecule has 0 saturated carbocycles. The van der Waals surface area contributed by atoms with Crippen LogP contribution in [0.2, 0.25) is 0 Å². The summed E-state index contributed by atoms with van der Waals surface area (Å²) in [6, 6.07) is 0. The summed E-state index contributed by atoms with van der Waals surface area (Å²) < 4.78 is 0. The number of nitrogens with one attached hydrogen (secondary N) is 1. The Balaban J connectivity index is 1.87. The molecule has 2 aliphatic rings. The van der Waals surface area contributed by atoms with E-state index in [9.17, 15) is 4.79 Å². The smallest absolute Gasteiger partial charge is 0.226 e. The molecule has 0 aromatic rings. The highest BCUT2D eigenvalue weighted by molar-refractivity contribution is 5.79. The normalized spacial score (nSPS) is 29.2. The Kier molecular flexibility index (Phi) is 2.83. The van der Waals surface area contributed by atoms with Gasteiger partial charge in [0.25, 0.3) is 0 Å². The number of amides is 1. The Bertz CT molecular complexity index is 181. The zero-order chi connectivity index (χ0) is 9.10. The number of nitrogens with zero attached hydrogens (tertiary/aromatic N) is 1. The van der Waals surface area contributed by atoms with Crippen LogP contribution >= 0.6 is 0 Å². The molecule has 1 unspecified atom stereocenters. The van der Waals surface area contributed by atoms with Crippen LogP contribution in [0, 0.1) is 12.3 Å². The second kappa shape index (κ2) is 4.09. The van der Waals surface area contributed by atoms with Crippen molar-refractivity contribution in [2.75, 3.05) is 26.2 Å². The van der Waals surface area contributed by atoms with Gasteiger partial charge in [0.1, 0.15) is 0 Å². The standard InChI is InChI=1S/C10H17N2O/c13-10(12-6-1-2-7-12)9-4-3-5-11-8-9/h3,9,11H,1-2,4-8H2. The van der Waals surface area contributed by atoms with Gasteiger partial charge in [-0.1, -0.05) is 0 Å².